The number of benzene rings is 5. The first kappa shape index (κ1) is 47.3. The predicted octanol–water partition coefficient (Wildman–Crippen LogP) is 11.3. The van der Waals surface area contributed by atoms with E-state index in [4.69, 9.17) is 28.9 Å². The smallest absolute Gasteiger partial charge is 0.320 e. The molecule has 0 aliphatic rings. The number of nitriles is 2. The second-order valence-corrected chi connectivity index (χ2v) is 18.9. The Morgan fingerprint density at radius 1 is 0.681 bits per heavy atom. The maximum atomic E-state index is 12.2. The van der Waals surface area contributed by atoms with Gasteiger partial charge in [0.1, 0.15) is 38.2 Å². The number of pyridine rings is 1. The molecule has 21 nitrogen and oxygen atoms in total. The van der Waals surface area contributed by atoms with Crippen LogP contribution in [0.5, 0.6) is 6.01 Å². The fraction of sp³-hybridized carbons (Fsp3) is 0.0233. The van der Waals surface area contributed by atoms with Crippen LogP contribution in [0.1, 0.15) is 16.7 Å². The van der Waals surface area contributed by atoms with Gasteiger partial charge in [0, 0.05) is 38.6 Å². The van der Waals surface area contributed by atoms with E-state index < -0.39 is 31.1 Å². The second-order valence-electron chi connectivity index (χ2n) is 14.3. The molecule has 8 N–H and O–H groups in total. The van der Waals surface area contributed by atoms with Gasteiger partial charge in [-0.15, -0.1) is 20.5 Å². The summed E-state index contributed by atoms with van der Waals surface area (Å²) in [5.41, 5.74) is 7.90. The predicted molar refractivity (Wildman–Crippen MR) is 259 cm³/mol. The van der Waals surface area contributed by atoms with Crippen LogP contribution in [0.15, 0.2) is 133 Å². The van der Waals surface area contributed by atoms with E-state index in [1.54, 1.807) is 73.7 Å². The van der Waals surface area contributed by atoms with Crippen LogP contribution in [0.2, 0.25) is 10.0 Å². The molecule has 3 heterocycles. The van der Waals surface area contributed by atoms with Crippen LogP contribution in [0.4, 0.5) is 62.0 Å². The zero-order valence-corrected chi connectivity index (χ0v) is 38.8. The van der Waals surface area contributed by atoms with Crippen LogP contribution < -0.4 is 21.7 Å². The fourth-order valence-electron chi connectivity index (χ4n) is 6.64. The molecular weight excluding hydrogens is 992 g/mol. The van der Waals surface area contributed by atoms with Gasteiger partial charge in [0.2, 0.25) is 11.9 Å². The first-order valence-electron chi connectivity index (χ1n) is 19.4. The van der Waals surface area contributed by atoms with Gasteiger partial charge in [0.05, 0.1) is 16.3 Å². The SMILES string of the molecule is Cc1c(C#N)c(Nc2ccc(Cl)c(S(=O)(=O)O)c2)nc(Nc2ccc(Cl)cc2)c1N=Nc1sc(N=Nc2ccc3cccc(S(=O)(=O)O)c3c2)c(-c2ccc(Nc3nc(N)nc(O)n3)cc2)c1C#N. The number of rotatable bonds is 13. The highest BCUT2D eigenvalue weighted by atomic mass is 35.5. The van der Waals surface area contributed by atoms with Crippen LogP contribution in [0, 0.1) is 29.6 Å². The Balaban J connectivity index is 1.25. The summed E-state index contributed by atoms with van der Waals surface area (Å²) < 4.78 is 68.2. The molecule has 8 rings (SSSR count). The molecule has 0 fully saturated rings. The van der Waals surface area contributed by atoms with E-state index in [1.165, 1.54) is 30.3 Å². The third-order valence-corrected chi connectivity index (χ3v) is 13.2. The third-order valence-electron chi connectivity index (χ3n) is 9.76. The van der Waals surface area contributed by atoms with E-state index in [1.807, 2.05) is 0 Å². The summed E-state index contributed by atoms with van der Waals surface area (Å²) >= 11 is 13.1. The molecule has 344 valence electrons. The Morgan fingerprint density at radius 2 is 1.33 bits per heavy atom. The molecule has 26 heteroatoms. The Kier molecular flexibility index (Phi) is 13.2. The van der Waals surface area contributed by atoms with Crippen molar-refractivity contribution in [3.05, 3.63) is 130 Å². The number of azo groups is 2. The summed E-state index contributed by atoms with van der Waals surface area (Å²) in [6.07, 6.45) is 0. The van der Waals surface area contributed by atoms with Crippen molar-refractivity contribution >= 4 is 128 Å². The maximum Gasteiger partial charge on any atom is 0.320 e. The van der Waals surface area contributed by atoms with Crippen LogP contribution in [0.25, 0.3) is 21.9 Å². The minimum absolute atomic E-state index is 0.00902. The number of hydrogen-bond acceptors (Lipinski definition) is 20. The molecule has 0 bridgehead atoms. The largest absolute Gasteiger partial charge is 0.479 e. The van der Waals surface area contributed by atoms with Crippen molar-refractivity contribution in [1.29, 1.82) is 10.5 Å². The van der Waals surface area contributed by atoms with E-state index in [-0.39, 0.29) is 88.2 Å². The lowest BCUT2D eigenvalue weighted by atomic mass is 10.0. The Labute approximate surface area is 404 Å². The highest BCUT2D eigenvalue weighted by molar-refractivity contribution is 7.86. The van der Waals surface area contributed by atoms with Crippen molar-refractivity contribution in [1.82, 2.24) is 19.9 Å². The maximum absolute atomic E-state index is 12.2. The van der Waals surface area contributed by atoms with Gasteiger partial charge < -0.3 is 26.8 Å². The quantitative estimate of drug-likeness (QED) is 0.0417. The number of nitrogens with one attached hydrogen (secondary N) is 3. The lowest BCUT2D eigenvalue weighted by Crippen LogP contribution is -2.05. The molecule has 0 unspecified atom stereocenters. The van der Waals surface area contributed by atoms with Crippen molar-refractivity contribution in [3.8, 4) is 29.3 Å². The number of hydrogen-bond donors (Lipinski definition) is 7. The molecule has 0 spiro atoms. The molecule has 0 atom stereocenters. The van der Waals surface area contributed by atoms with Crippen molar-refractivity contribution < 1.29 is 31.0 Å². The highest BCUT2D eigenvalue weighted by Gasteiger charge is 2.24. The summed E-state index contributed by atoms with van der Waals surface area (Å²) in [7, 11) is -9.34. The van der Waals surface area contributed by atoms with Crippen molar-refractivity contribution in [2.75, 3.05) is 21.7 Å². The van der Waals surface area contributed by atoms with Crippen LogP contribution >= 0.6 is 34.5 Å². The van der Waals surface area contributed by atoms with E-state index in [0.717, 1.165) is 17.4 Å². The van der Waals surface area contributed by atoms with Crippen molar-refractivity contribution in [2.24, 2.45) is 20.5 Å². The van der Waals surface area contributed by atoms with Gasteiger partial charge in [-0.25, -0.2) is 4.98 Å². The third kappa shape index (κ3) is 10.5. The molecule has 8 aromatic rings. The first-order chi connectivity index (χ1) is 32.9. The van der Waals surface area contributed by atoms with Gasteiger partial charge in [0.25, 0.3) is 20.2 Å². The van der Waals surface area contributed by atoms with E-state index >= 15 is 0 Å². The average molecular weight is 1020 g/mol. The standard InChI is InChI=1S/C43H28Cl2N14O7S3/c1-21-30(19-46)37(50-27-15-16-32(45)34(18-27)69(64,65)66)52-38(49-25-13-8-24(44)9-14-25)36(21)57-58-39-31(20-47)35(23-6-10-26(11-7-23)51-42-53-41(48)54-43(60)55-42)40(67-39)59-56-28-12-5-22-3-2-4-33(29(22)17-28)68(61,62)63/h2-18H,1H3,(H2,49,50,52)(H,61,62,63)(H,64,65,66)(H4,48,51,53,54,55,60). The Morgan fingerprint density at radius 3 is 2.01 bits per heavy atom. The Bertz CT molecular complexity index is 3730. The number of thiophene rings is 1. The Hall–Kier alpha value is -8.20. The summed E-state index contributed by atoms with van der Waals surface area (Å²) in [6.45, 7) is 1.57. The average Bonchev–Trinajstić information content (AvgIpc) is 3.65. The highest BCUT2D eigenvalue weighted by Crippen LogP contribution is 2.49. The normalized spacial score (nSPS) is 11.8. The van der Waals surface area contributed by atoms with Crippen LogP contribution in [-0.4, -0.2) is 51.0 Å². The molecule has 3 aromatic heterocycles. The monoisotopic (exact) mass is 1020 g/mol. The summed E-state index contributed by atoms with van der Waals surface area (Å²) in [4.78, 5) is 15.0. The number of fused-ring (bicyclic) bond motifs is 1. The van der Waals surface area contributed by atoms with Gasteiger partial charge in [0.15, 0.2) is 16.6 Å². The molecule has 0 amide bonds. The molecule has 0 radical (unpaired) electrons. The summed E-state index contributed by atoms with van der Waals surface area (Å²) in [5.74, 6) is -0.254. The number of nitrogens with two attached hydrogens (primary N) is 1. The zero-order valence-electron chi connectivity index (χ0n) is 34.8. The number of anilines is 7. The molecule has 69 heavy (non-hydrogen) atoms. The number of aromatic nitrogens is 4. The van der Waals surface area contributed by atoms with Gasteiger partial charge in [-0.1, -0.05) is 64.9 Å². The zero-order chi connectivity index (χ0) is 49.2. The molecule has 0 aliphatic carbocycles. The topological polar surface area (TPSA) is 340 Å². The van der Waals surface area contributed by atoms with E-state index in [2.05, 4.69) is 68.5 Å². The van der Waals surface area contributed by atoms with Crippen LogP contribution in [-0.2, 0) is 20.2 Å². The number of nitrogen functional groups attached to an aromatic ring is 1. The van der Waals surface area contributed by atoms with Gasteiger partial charge in [-0.05, 0) is 90.7 Å². The molecule has 0 saturated carbocycles. The van der Waals surface area contributed by atoms with Crippen molar-refractivity contribution in [3.63, 3.8) is 0 Å². The number of nitrogens with zero attached hydrogens (tertiary/aromatic N) is 10. The second kappa shape index (κ2) is 19.2. The van der Waals surface area contributed by atoms with Gasteiger partial charge in [-0.3, -0.25) is 9.11 Å². The lowest BCUT2D eigenvalue weighted by molar-refractivity contribution is 0.430. The minimum Gasteiger partial charge on any atom is -0.479 e. The van der Waals surface area contributed by atoms with E-state index in [9.17, 15) is 41.6 Å². The van der Waals surface area contributed by atoms with Gasteiger partial charge >= 0.3 is 6.01 Å². The van der Waals surface area contributed by atoms with Gasteiger partial charge in [-0.2, -0.15) is 42.3 Å². The summed E-state index contributed by atoms with van der Waals surface area (Å²) in [5, 5.41) is 59.0. The molecule has 0 saturated heterocycles. The molecular formula is C43H28Cl2N14O7S3. The van der Waals surface area contributed by atoms with Crippen molar-refractivity contribution in [2.45, 2.75) is 16.7 Å². The lowest BCUT2D eigenvalue weighted by Gasteiger charge is -2.16. The van der Waals surface area contributed by atoms with Crippen LogP contribution in [0.3, 0.4) is 0 Å². The van der Waals surface area contributed by atoms with E-state index in [0.29, 0.717) is 27.3 Å². The molecule has 0 aliphatic heterocycles. The minimum atomic E-state index is -4.73. The number of halogens is 2. The molecule has 5 aromatic carbocycles. The summed E-state index contributed by atoms with van der Waals surface area (Å²) in [6, 6.07) is 29.5. The number of aromatic hydroxyl groups is 1. The first-order valence-corrected chi connectivity index (χ1v) is 23.8. The fourth-order valence-corrected chi connectivity index (χ4v) is 9.39.